The second kappa shape index (κ2) is 4.77. The standard InChI is InChI=1S/C12H14F3NO/c1-7(2)9-4-10(12(13,14)15)6-11(5-9)16-8(3)17/h4-7H,1-3H3,(H,16,17). The Labute approximate surface area is 97.8 Å². The average Bonchev–Trinajstić information content (AvgIpc) is 2.14. The van der Waals surface area contributed by atoms with E-state index in [0.29, 0.717) is 5.56 Å². The third kappa shape index (κ3) is 3.76. The van der Waals surface area contributed by atoms with Crippen molar-refractivity contribution in [3.63, 3.8) is 0 Å². The van der Waals surface area contributed by atoms with Gasteiger partial charge in [-0.05, 0) is 29.7 Å². The van der Waals surface area contributed by atoms with E-state index in [0.717, 1.165) is 12.1 Å². The lowest BCUT2D eigenvalue weighted by Crippen LogP contribution is -2.10. The number of amides is 1. The maximum Gasteiger partial charge on any atom is 0.416 e. The number of halogens is 3. The molecule has 0 bridgehead atoms. The van der Waals surface area contributed by atoms with Crippen LogP contribution in [0.4, 0.5) is 18.9 Å². The van der Waals surface area contributed by atoms with E-state index in [4.69, 9.17) is 0 Å². The summed E-state index contributed by atoms with van der Waals surface area (Å²) in [5.74, 6) is -0.427. The summed E-state index contributed by atoms with van der Waals surface area (Å²) in [5.41, 5.74) is -0.0212. The van der Waals surface area contributed by atoms with E-state index in [-0.39, 0.29) is 17.5 Å². The highest BCUT2D eigenvalue weighted by Gasteiger charge is 2.31. The minimum absolute atomic E-state index is 0.0372. The van der Waals surface area contributed by atoms with Crippen LogP contribution in [0.5, 0.6) is 0 Å². The Bertz CT molecular complexity index is 424. The molecule has 0 aliphatic heterocycles. The third-order valence-electron chi connectivity index (χ3n) is 2.27. The summed E-state index contributed by atoms with van der Waals surface area (Å²) < 4.78 is 37.9. The summed E-state index contributed by atoms with van der Waals surface area (Å²) in [6.07, 6.45) is -4.40. The highest BCUT2D eigenvalue weighted by Crippen LogP contribution is 2.33. The molecule has 1 aromatic carbocycles. The Morgan fingerprint density at radius 3 is 2.24 bits per heavy atom. The van der Waals surface area contributed by atoms with E-state index in [9.17, 15) is 18.0 Å². The van der Waals surface area contributed by atoms with Crippen molar-refractivity contribution in [3.8, 4) is 0 Å². The van der Waals surface area contributed by atoms with Gasteiger partial charge in [0.25, 0.3) is 0 Å². The number of carbonyl (C=O) groups excluding carboxylic acids is 1. The molecule has 2 nitrogen and oxygen atoms in total. The molecule has 0 aromatic heterocycles. The molecule has 0 aliphatic carbocycles. The van der Waals surface area contributed by atoms with Gasteiger partial charge < -0.3 is 5.32 Å². The summed E-state index contributed by atoms with van der Waals surface area (Å²) in [6.45, 7) is 4.86. The zero-order valence-electron chi connectivity index (χ0n) is 9.85. The Hall–Kier alpha value is -1.52. The quantitative estimate of drug-likeness (QED) is 0.843. The van der Waals surface area contributed by atoms with E-state index < -0.39 is 11.7 Å². The minimum atomic E-state index is -4.40. The number of hydrogen-bond donors (Lipinski definition) is 1. The molecule has 94 valence electrons. The Morgan fingerprint density at radius 1 is 1.24 bits per heavy atom. The van der Waals surface area contributed by atoms with Crippen LogP contribution in [0.3, 0.4) is 0 Å². The van der Waals surface area contributed by atoms with E-state index in [1.165, 1.54) is 6.92 Å². The number of benzene rings is 1. The molecule has 0 atom stereocenters. The first-order valence-electron chi connectivity index (χ1n) is 5.20. The van der Waals surface area contributed by atoms with Crippen LogP contribution in [0.25, 0.3) is 0 Å². The maximum absolute atomic E-state index is 12.6. The fourth-order valence-corrected chi connectivity index (χ4v) is 1.42. The van der Waals surface area contributed by atoms with Gasteiger partial charge in [-0.1, -0.05) is 13.8 Å². The molecule has 0 aliphatic rings. The largest absolute Gasteiger partial charge is 0.416 e. The fourth-order valence-electron chi connectivity index (χ4n) is 1.42. The predicted molar refractivity (Wildman–Crippen MR) is 59.8 cm³/mol. The van der Waals surface area contributed by atoms with Crippen molar-refractivity contribution in [3.05, 3.63) is 29.3 Å². The molecule has 0 saturated heterocycles. The zero-order chi connectivity index (χ0) is 13.2. The Balaban J connectivity index is 3.23. The first-order chi connectivity index (χ1) is 7.70. The number of alkyl halides is 3. The summed E-state index contributed by atoms with van der Waals surface area (Å²) >= 11 is 0. The van der Waals surface area contributed by atoms with Gasteiger partial charge in [-0.15, -0.1) is 0 Å². The monoisotopic (exact) mass is 245 g/mol. The van der Waals surface area contributed by atoms with Gasteiger partial charge in [0.15, 0.2) is 0 Å². The molecule has 1 N–H and O–H groups in total. The minimum Gasteiger partial charge on any atom is -0.326 e. The number of carbonyl (C=O) groups is 1. The second-order valence-corrected chi connectivity index (χ2v) is 4.18. The fraction of sp³-hybridized carbons (Fsp3) is 0.417. The van der Waals surface area contributed by atoms with Crippen LogP contribution in [0.15, 0.2) is 18.2 Å². The van der Waals surface area contributed by atoms with Crippen molar-refractivity contribution in [2.45, 2.75) is 32.9 Å². The van der Waals surface area contributed by atoms with Crippen LogP contribution in [0.1, 0.15) is 37.8 Å². The van der Waals surface area contributed by atoms with E-state index in [1.807, 2.05) is 0 Å². The van der Waals surface area contributed by atoms with Gasteiger partial charge in [-0.25, -0.2) is 0 Å². The predicted octanol–water partition coefficient (Wildman–Crippen LogP) is 3.79. The first-order valence-corrected chi connectivity index (χ1v) is 5.20. The normalized spacial score (nSPS) is 11.7. The molecule has 0 spiro atoms. The summed E-state index contributed by atoms with van der Waals surface area (Å²) in [4.78, 5) is 10.9. The molecule has 0 saturated carbocycles. The topological polar surface area (TPSA) is 29.1 Å². The molecule has 17 heavy (non-hydrogen) atoms. The van der Waals surface area contributed by atoms with Gasteiger partial charge in [0.1, 0.15) is 0 Å². The van der Waals surface area contributed by atoms with Crippen LogP contribution in [-0.2, 0) is 11.0 Å². The smallest absolute Gasteiger partial charge is 0.326 e. The molecule has 1 rings (SSSR count). The van der Waals surface area contributed by atoms with Crippen molar-refractivity contribution in [1.29, 1.82) is 0 Å². The SMILES string of the molecule is CC(=O)Nc1cc(C(C)C)cc(C(F)(F)F)c1. The summed E-state index contributed by atoms with van der Waals surface area (Å²) in [7, 11) is 0. The Morgan fingerprint density at radius 2 is 1.82 bits per heavy atom. The molecule has 0 heterocycles. The summed E-state index contributed by atoms with van der Waals surface area (Å²) in [6, 6.07) is 3.60. The molecule has 1 amide bonds. The molecule has 5 heteroatoms. The van der Waals surface area contributed by atoms with Crippen LogP contribution in [-0.4, -0.2) is 5.91 Å². The first kappa shape index (κ1) is 13.5. The molecular formula is C12H14F3NO. The number of rotatable bonds is 2. The second-order valence-electron chi connectivity index (χ2n) is 4.18. The molecule has 0 fully saturated rings. The van der Waals surface area contributed by atoms with Crippen LogP contribution >= 0.6 is 0 Å². The van der Waals surface area contributed by atoms with Crippen molar-refractivity contribution < 1.29 is 18.0 Å². The lowest BCUT2D eigenvalue weighted by molar-refractivity contribution is -0.137. The van der Waals surface area contributed by atoms with Crippen molar-refractivity contribution >= 4 is 11.6 Å². The lowest BCUT2D eigenvalue weighted by atomic mass is 9.99. The number of anilines is 1. The van der Waals surface area contributed by atoms with E-state index in [2.05, 4.69) is 5.32 Å². The van der Waals surface area contributed by atoms with Crippen molar-refractivity contribution in [2.24, 2.45) is 0 Å². The van der Waals surface area contributed by atoms with Crippen LogP contribution in [0.2, 0.25) is 0 Å². The molecule has 0 unspecified atom stereocenters. The summed E-state index contributed by atoms with van der Waals surface area (Å²) in [5, 5.41) is 2.37. The average molecular weight is 245 g/mol. The molecular weight excluding hydrogens is 231 g/mol. The van der Waals surface area contributed by atoms with Gasteiger partial charge >= 0.3 is 6.18 Å². The lowest BCUT2D eigenvalue weighted by Gasteiger charge is -2.14. The van der Waals surface area contributed by atoms with E-state index >= 15 is 0 Å². The van der Waals surface area contributed by atoms with Gasteiger partial charge in [-0.2, -0.15) is 13.2 Å². The van der Waals surface area contributed by atoms with Gasteiger partial charge in [0.05, 0.1) is 5.56 Å². The highest BCUT2D eigenvalue weighted by atomic mass is 19.4. The van der Waals surface area contributed by atoms with Crippen LogP contribution < -0.4 is 5.32 Å². The van der Waals surface area contributed by atoms with E-state index in [1.54, 1.807) is 19.9 Å². The number of hydrogen-bond acceptors (Lipinski definition) is 1. The zero-order valence-corrected chi connectivity index (χ0v) is 9.85. The van der Waals surface area contributed by atoms with Crippen LogP contribution in [0, 0.1) is 0 Å². The third-order valence-corrected chi connectivity index (χ3v) is 2.27. The van der Waals surface area contributed by atoms with Crippen molar-refractivity contribution in [2.75, 3.05) is 5.32 Å². The molecule has 0 radical (unpaired) electrons. The number of nitrogens with one attached hydrogen (secondary N) is 1. The van der Waals surface area contributed by atoms with Gasteiger partial charge in [-0.3, -0.25) is 4.79 Å². The maximum atomic E-state index is 12.6. The van der Waals surface area contributed by atoms with Crippen molar-refractivity contribution in [1.82, 2.24) is 0 Å². The highest BCUT2D eigenvalue weighted by molar-refractivity contribution is 5.88. The van der Waals surface area contributed by atoms with Gasteiger partial charge in [0.2, 0.25) is 5.91 Å². The van der Waals surface area contributed by atoms with Gasteiger partial charge in [0, 0.05) is 12.6 Å². The molecule has 1 aromatic rings. The Kier molecular flexibility index (Phi) is 3.80.